The van der Waals surface area contributed by atoms with Gasteiger partial charge in [0.1, 0.15) is 17.2 Å². The molecule has 1 heterocycles. The molecule has 9 heteroatoms. The van der Waals surface area contributed by atoms with Crippen LogP contribution in [0.15, 0.2) is 47.5 Å². The van der Waals surface area contributed by atoms with Crippen LogP contribution in [-0.4, -0.2) is 50.5 Å². The molecule has 0 radical (unpaired) electrons. The molecule has 2 aromatic carbocycles. The van der Waals surface area contributed by atoms with Crippen LogP contribution < -0.4 is 25.0 Å². The molecule has 1 saturated heterocycles. The zero-order valence-corrected chi connectivity index (χ0v) is 18.4. The Bertz CT molecular complexity index is 893. The highest BCUT2D eigenvalue weighted by Crippen LogP contribution is 2.25. The first kappa shape index (κ1) is 23.4. The minimum Gasteiger partial charge on any atom is -0.508 e. The number of hydrogen-bond donors (Lipinski definition) is 3. The lowest BCUT2D eigenvalue weighted by molar-refractivity contribution is -0.0498. The van der Waals surface area contributed by atoms with Gasteiger partial charge in [-0.05, 0) is 62.2 Å². The third-order valence-electron chi connectivity index (χ3n) is 5.23. The summed E-state index contributed by atoms with van der Waals surface area (Å²) in [5.41, 5.74) is 1.64. The number of phenols is 1. The van der Waals surface area contributed by atoms with Crippen molar-refractivity contribution in [3.63, 3.8) is 0 Å². The van der Waals surface area contributed by atoms with Crippen LogP contribution in [-0.2, 0) is 6.54 Å². The van der Waals surface area contributed by atoms with Crippen LogP contribution in [0.25, 0.3) is 0 Å². The minimum atomic E-state index is -2.83. The molecule has 174 valence electrons. The number of anilines is 1. The van der Waals surface area contributed by atoms with E-state index in [0.29, 0.717) is 30.4 Å². The quantitative estimate of drug-likeness (QED) is 0.422. The van der Waals surface area contributed by atoms with Crippen molar-refractivity contribution in [2.75, 3.05) is 31.6 Å². The molecule has 1 unspecified atom stereocenters. The highest BCUT2D eigenvalue weighted by atomic mass is 19.3. The van der Waals surface area contributed by atoms with Gasteiger partial charge in [-0.3, -0.25) is 0 Å². The molecule has 0 spiro atoms. The summed E-state index contributed by atoms with van der Waals surface area (Å²) >= 11 is 0. The third-order valence-corrected chi connectivity index (χ3v) is 5.23. The standard InChI is InChI=1S/C23H30F2N4O3/c1-3-26-23(27-14-16-13-20(31-2)10-11-21(16)30)28-17-5-4-12-29(15-17)18-6-8-19(9-7-18)32-22(24)25/h6-11,13,17,22,30H,3-5,12,14-15H2,1-2H3,(H2,26,27,28). The highest BCUT2D eigenvalue weighted by Gasteiger charge is 2.21. The number of ether oxygens (including phenoxy) is 2. The second-order valence-corrected chi connectivity index (χ2v) is 7.49. The molecule has 0 bridgehead atoms. The molecule has 0 saturated carbocycles. The monoisotopic (exact) mass is 448 g/mol. The molecule has 32 heavy (non-hydrogen) atoms. The number of guanidine groups is 1. The summed E-state index contributed by atoms with van der Waals surface area (Å²) in [5.74, 6) is 1.66. The fourth-order valence-electron chi connectivity index (χ4n) is 3.66. The largest absolute Gasteiger partial charge is 0.508 e. The summed E-state index contributed by atoms with van der Waals surface area (Å²) in [6.07, 6.45) is 1.97. The lowest BCUT2D eigenvalue weighted by Crippen LogP contribution is -2.51. The lowest BCUT2D eigenvalue weighted by atomic mass is 10.0. The average molecular weight is 449 g/mol. The van der Waals surface area contributed by atoms with Crippen LogP contribution in [0.2, 0.25) is 0 Å². The van der Waals surface area contributed by atoms with Crippen molar-refractivity contribution < 1.29 is 23.4 Å². The maximum absolute atomic E-state index is 12.4. The Morgan fingerprint density at radius 3 is 2.66 bits per heavy atom. The molecule has 1 fully saturated rings. The van der Waals surface area contributed by atoms with E-state index in [1.54, 1.807) is 49.6 Å². The molecule has 3 N–H and O–H groups in total. The van der Waals surface area contributed by atoms with Gasteiger partial charge < -0.3 is 30.1 Å². The van der Waals surface area contributed by atoms with Crippen molar-refractivity contribution in [2.24, 2.45) is 4.99 Å². The number of nitrogens with one attached hydrogen (secondary N) is 2. The summed E-state index contributed by atoms with van der Waals surface area (Å²) in [4.78, 5) is 6.84. The van der Waals surface area contributed by atoms with E-state index in [0.717, 1.165) is 31.6 Å². The molecule has 2 aromatic rings. The molecule has 0 amide bonds. The summed E-state index contributed by atoms with van der Waals surface area (Å²) in [6.45, 7) is 1.82. The van der Waals surface area contributed by atoms with Gasteiger partial charge in [-0.25, -0.2) is 4.99 Å². The maximum atomic E-state index is 12.4. The maximum Gasteiger partial charge on any atom is 0.387 e. The van der Waals surface area contributed by atoms with Crippen molar-refractivity contribution in [1.82, 2.24) is 10.6 Å². The highest BCUT2D eigenvalue weighted by molar-refractivity contribution is 5.80. The molecule has 3 rings (SSSR count). The molecule has 1 atom stereocenters. The van der Waals surface area contributed by atoms with Crippen LogP contribution in [0.5, 0.6) is 17.2 Å². The molecular weight excluding hydrogens is 418 g/mol. The van der Waals surface area contributed by atoms with Gasteiger partial charge in [0.2, 0.25) is 0 Å². The van der Waals surface area contributed by atoms with E-state index < -0.39 is 6.61 Å². The molecular formula is C23H30F2N4O3. The van der Waals surface area contributed by atoms with E-state index >= 15 is 0 Å². The van der Waals surface area contributed by atoms with Crippen LogP contribution in [0, 0.1) is 0 Å². The van der Waals surface area contributed by atoms with Crippen molar-refractivity contribution in [2.45, 2.75) is 39.0 Å². The second kappa shape index (κ2) is 11.4. The summed E-state index contributed by atoms with van der Waals surface area (Å²) in [6, 6.07) is 11.9. The average Bonchev–Trinajstić information content (AvgIpc) is 2.79. The Morgan fingerprint density at radius 2 is 1.97 bits per heavy atom. The number of phenolic OH excluding ortho intramolecular Hbond substituents is 1. The second-order valence-electron chi connectivity index (χ2n) is 7.49. The van der Waals surface area contributed by atoms with Gasteiger partial charge >= 0.3 is 6.61 Å². The molecule has 1 aliphatic heterocycles. The van der Waals surface area contributed by atoms with Crippen molar-refractivity contribution >= 4 is 11.6 Å². The van der Waals surface area contributed by atoms with Crippen LogP contribution in [0.1, 0.15) is 25.3 Å². The SMILES string of the molecule is CCNC(=NCc1cc(OC)ccc1O)NC1CCCN(c2ccc(OC(F)F)cc2)C1. The van der Waals surface area contributed by atoms with E-state index in [1.807, 2.05) is 6.92 Å². The van der Waals surface area contributed by atoms with Gasteiger partial charge in [0.25, 0.3) is 0 Å². The predicted octanol–water partition coefficient (Wildman–Crippen LogP) is 3.73. The Labute approximate surface area is 187 Å². The zero-order valence-electron chi connectivity index (χ0n) is 18.4. The summed E-state index contributed by atoms with van der Waals surface area (Å²) in [7, 11) is 1.58. The van der Waals surface area contributed by atoms with Crippen LogP contribution in [0.4, 0.5) is 14.5 Å². The van der Waals surface area contributed by atoms with E-state index in [1.165, 1.54) is 0 Å². The number of aliphatic imine (C=N–C) groups is 1. The molecule has 0 aliphatic carbocycles. The lowest BCUT2D eigenvalue weighted by Gasteiger charge is -2.35. The van der Waals surface area contributed by atoms with Crippen molar-refractivity contribution in [1.29, 1.82) is 0 Å². The van der Waals surface area contributed by atoms with E-state index in [9.17, 15) is 13.9 Å². The zero-order chi connectivity index (χ0) is 22.9. The first-order valence-electron chi connectivity index (χ1n) is 10.7. The number of hydrogen-bond acceptors (Lipinski definition) is 5. The fraction of sp³-hybridized carbons (Fsp3) is 0.435. The number of halogens is 2. The van der Waals surface area contributed by atoms with Crippen LogP contribution in [0.3, 0.4) is 0 Å². The number of alkyl halides is 2. The topological polar surface area (TPSA) is 78.4 Å². The Balaban J connectivity index is 1.63. The summed E-state index contributed by atoms with van der Waals surface area (Å²) in [5, 5.41) is 16.8. The number of benzene rings is 2. The Kier molecular flexibility index (Phi) is 8.35. The number of piperidine rings is 1. The van der Waals surface area contributed by atoms with E-state index in [2.05, 4.69) is 25.3 Å². The number of methoxy groups -OCH3 is 1. The van der Waals surface area contributed by atoms with Crippen LogP contribution >= 0.6 is 0 Å². The Hall–Kier alpha value is -3.23. The minimum absolute atomic E-state index is 0.151. The normalized spacial score (nSPS) is 16.7. The fourth-order valence-corrected chi connectivity index (χ4v) is 3.66. The van der Waals surface area contributed by atoms with E-state index in [4.69, 9.17) is 4.74 Å². The molecule has 7 nitrogen and oxygen atoms in total. The Morgan fingerprint density at radius 1 is 1.22 bits per heavy atom. The number of nitrogens with zero attached hydrogens (tertiary/aromatic N) is 2. The third kappa shape index (κ3) is 6.63. The van der Waals surface area contributed by atoms with Gasteiger partial charge in [-0.15, -0.1) is 0 Å². The first-order valence-corrected chi connectivity index (χ1v) is 10.7. The van der Waals surface area contributed by atoms with Gasteiger partial charge in [0, 0.05) is 36.9 Å². The molecule has 0 aromatic heterocycles. The van der Waals surface area contributed by atoms with Gasteiger partial charge in [-0.1, -0.05) is 0 Å². The summed E-state index contributed by atoms with van der Waals surface area (Å²) < 4.78 is 34.4. The number of rotatable bonds is 8. The van der Waals surface area contributed by atoms with Gasteiger partial charge in [0.15, 0.2) is 5.96 Å². The predicted molar refractivity (Wildman–Crippen MR) is 121 cm³/mol. The van der Waals surface area contributed by atoms with Gasteiger partial charge in [-0.2, -0.15) is 8.78 Å². The first-order chi connectivity index (χ1) is 15.5. The van der Waals surface area contributed by atoms with Crippen molar-refractivity contribution in [3.05, 3.63) is 48.0 Å². The van der Waals surface area contributed by atoms with E-state index in [-0.39, 0.29) is 17.5 Å². The number of aromatic hydroxyl groups is 1. The smallest absolute Gasteiger partial charge is 0.387 e. The van der Waals surface area contributed by atoms with Crippen molar-refractivity contribution in [3.8, 4) is 17.2 Å². The van der Waals surface area contributed by atoms with Gasteiger partial charge in [0.05, 0.1) is 13.7 Å². The molecule has 1 aliphatic rings.